The number of rotatable bonds is 28. The molecule has 0 radical (unpaired) electrons. The van der Waals surface area contributed by atoms with Crippen molar-refractivity contribution in [3.8, 4) is 11.5 Å². The number of esters is 1. The van der Waals surface area contributed by atoms with E-state index in [1.54, 1.807) is 52.0 Å². The summed E-state index contributed by atoms with van der Waals surface area (Å²) in [6.07, 6.45) is 1.28. The Labute approximate surface area is 542 Å². The zero-order chi connectivity index (χ0) is 66.1. The number of amides is 6. The fourth-order valence-corrected chi connectivity index (χ4v) is 12.6. The summed E-state index contributed by atoms with van der Waals surface area (Å²) in [5.41, 5.74) is 4.25. The Bertz CT molecular complexity index is 2880. The minimum atomic E-state index is -1.92. The molecule has 89 heavy (non-hydrogen) atoms. The van der Waals surface area contributed by atoms with E-state index in [1.165, 1.54) is 65.4 Å². The molecule has 2 fully saturated rings. The molecule has 28 heteroatoms. The van der Waals surface area contributed by atoms with Crippen molar-refractivity contribution in [1.29, 1.82) is 0 Å². The lowest BCUT2D eigenvalue weighted by Gasteiger charge is -2.42. The third-order valence-electron chi connectivity index (χ3n) is 16.3. The van der Waals surface area contributed by atoms with Gasteiger partial charge in [-0.25, -0.2) is 9.59 Å². The summed E-state index contributed by atoms with van der Waals surface area (Å²) < 4.78 is 35.3. The molecule has 2 saturated heterocycles. The van der Waals surface area contributed by atoms with Gasteiger partial charge in [0.2, 0.25) is 23.6 Å². The van der Waals surface area contributed by atoms with Gasteiger partial charge in [-0.3, -0.25) is 45.7 Å². The molecule has 494 valence electrons. The molecule has 0 aliphatic carbocycles. The van der Waals surface area contributed by atoms with Crippen LogP contribution in [0.1, 0.15) is 102 Å². The van der Waals surface area contributed by atoms with Crippen LogP contribution in [0.25, 0.3) is 0 Å². The number of nitrogens with two attached hydrogens (primary N) is 1. The molecule has 0 spiro atoms. The molecule has 5 rings (SSSR count). The molecule has 6 amide bonds. The highest BCUT2D eigenvalue weighted by Crippen LogP contribution is 2.49. The van der Waals surface area contributed by atoms with Crippen molar-refractivity contribution < 1.29 is 77.0 Å². The molecule has 3 aliphatic heterocycles. The van der Waals surface area contributed by atoms with Gasteiger partial charge < -0.3 is 69.2 Å². The quantitative estimate of drug-likeness (QED) is 0.0139. The molecule has 10 N–H and O–H groups in total. The van der Waals surface area contributed by atoms with E-state index in [9.17, 15) is 48.6 Å². The zero-order valence-corrected chi connectivity index (χ0v) is 56.3. The van der Waals surface area contributed by atoms with Gasteiger partial charge in [0.15, 0.2) is 12.1 Å². The molecular formula is C61H88Br2ClN9O16. The molecule has 3 heterocycles. The molecular weight excluding hydrogens is 1310 g/mol. The summed E-state index contributed by atoms with van der Waals surface area (Å²) >= 11 is 13.5. The highest BCUT2D eigenvalue weighted by molar-refractivity contribution is 9.09. The van der Waals surface area contributed by atoms with Crippen LogP contribution in [-0.2, 0) is 54.1 Å². The van der Waals surface area contributed by atoms with E-state index < -0.39 is 114 Å². The Morgan fingerprint density at radius 3 is 2.31 bits per heavy atom. The van der Waals surface area contributed by atoms with E-state index in [0.717, 1.165) is 22.3 Å². The number of benzene rings is 2. The van der Waals surface area contributed by atoms with Gasteiger partial charge >= 0.3 is 12.1 Å². The molecule has 0 saturated carbocycles. The molecule has 25 nitrogen and oxygen atoms in total. The van der Waals surface area contributed by atoms with Crippen molar-refractivity contribution in [3.63, 3.8) is 0 Å². The second-order valence-electron chi connectivity index (χ2n) is 23.2. The van der Waals surface area contributed by atoms with Gasteiger partial charge in [0.1, 0.15) is 58.8 Å². The first-order chi connectivity index (χ1) is 42.1. The number of nitrogens with one attached hydrogen (secondary N) is 6. The molecule has 2 aromatic carbocycles. The van der Waals surface area contributed by atoms with Gasteiger partial charge in [-0.15, -0.1) is 0 Å². The first kappa shape index (κ1) is 74.0. The van der Waals surface area contributed by atoms with Gasteiger partial charge in [0.05, 0.1) is 56.0 Å². The number of allylic oxidation sites excluding steroid dienone is 3. The van der Waals surface area contributed by atoms with Gasteiger partial charge in [-0.05, 0) is 102 Å². The van der Waals surface area contributed by atoms with E-state index in [2.05, 4.69) is 63.8 Å². The van der Waals surface area contributed by atoms with Crippen LogP contribution in [0.5, 0.6) is 11.5 Å². The number of aldehydes is 1. The summed E-state index contributed by atoms with van der Waals surface area (Å²) in [5, 5.41) is 39.5. The van der Waals surface area contributed by atoms with E-state index in [1.807, 2.05) is 13.0 Å². The van der Waals surface area contributed by atoms with E-state index in [-0.39, 0.29) is 65.6 Å². The molecule has 4 bridgehead atoms. The Balaban J connectivity index is 1.35. The number of epoxide rings is 1. The number of nitrogens with zero attached hydrogens (tertiary/aromatic N) is 2. The number of carbonyl (C=O) groups excluding carboxylic acids is 8. The number of aliphatic hydroxyl groups is 2. The fourth-order valence-electron chi connectivity index (χ4n) is 10.6. The minimum Gasteiger partial charge on any atom is -0.496 e. The highest BCUT2D eigenvalue weighted by Gasteiger charge is 2.64. The van der Waals surface area contributed by atoms with Crippen LogP contribution in [0.3, 0.4) is 0 Å². The van der Waals surface area contributed by atoms with Gasteiger partial charge in [0, 0.05) is 62.5 Å². The predicted molar refractivity (Wildman–Crippen MR) is 341 cm³/mol. The Morgan fingerprint density at radius 2 is 1.69 bits per heavy atom. The molecule has 2 aromatic rings. The fraction of sp³-hybridized carbons (Fsp3) is 0.607. The largest absolute Gasteiger partial charge is 0.496 e. The summed E-state index contributed by atoms with van der Waals surface area (Å²) in [7, 11) is 7.06. The number of halogens is 3. The first-order valence-corrected chi connectivity index (χ1v) is 32.2. The zero-order valence-electron chi connectivity index (χ0n) is 52.3. The second kappa shape index (κ2) is 34.1. The van der Waals surface area contributed by atoms with Crippen molar-refractivity contribution >= 4 is 103 Å². The van der Waals surface area contributed by atoms with Crippen LogP contribution in [0.15, 0.2) is 54.1 Å². The van der Waals surface area contributed by atoms with E-state index in [4.69, 9.17) is 45.8 Å². The maximum Gasteiger partial charge on any atom is 0.409 e. The van der Waals surface area contributed by atoms with Crippen molar-refractivity contribution in [3.05, 3.63) is 70.3 Å². The first-order valence-electron chi connectivity index (χ1n) is 29.5. The van der Waals surface area contributed by atoms with Crippen molar-refractivity contribution in [1.82, 2.24) is 31.5 Å². The lowest BCUT2D eigenvalue weighted by Crippen LogP contribution is -2.63. The Kier molecular flexibility index (Phi) is 28.3. The summed E-state index contributed by atoms with van der Waals surface area (Å²) in [4.78, 5) is 112. The number of carbonyl (C=O) groups is 8. The monoisotopic (exact) mass is 1400 g/mol. The Morgan fingerprint density at radius 1 is 0.989 bits per heavy atom. The maximum atomic E-state index is 14.6. The molecule has 2 unspecified atom stereocenters. The number of methoxy groups -OCH3 is 3. The van der Waals surface area contributed by atoms with Crippen LogP contribution in [-0.4, -0.2) is 188 Å². The number of likely N-dealkylation sites (N-methyl/N-ethyl adjacent to an activating group) is 1. The predicted octanol–water partition coefficient (Wildman–Crippen LogP) is 4.74. The SMILES string of the molecule is COc1cc(NC(=O)[C@H](CCCNC(N)O)NC(=O)[C@@H](NC(C=O)CCCCNC(=O)C(CBr)CBr)C(C)C)ccc1C(=O)N(C)[C@@H](C)C(=O)O[C@H]1CC(=O)N(C)c2cc(cc(OC)c2Cl)C/C(C)=C/C=C/[C@@H](OC)[C@@]2(O)C[C@H](OC(=O)N2)[C@@H](C)[C@@H]2O[C@@]12C. The van der Waals surface area contributed by atoms with Crippen LogP contribution in [0, 0.1) is 17.8 Å². The number of anilines is 2. The van der Waals surface area contributed by atoms with Crippen molar-refractivity contribution in [2.24, 2.45) is 23.5 Å². The van der Waals surface area contributed by atoms with Crippen molar-refractivity contribution in [2.75, 3.05) is 69.4 Å². The average Bonchev–Trinajstić information content (AvgIpc) is 1.60. The van der Waals surface area contributed by atoms with Gasteiger partial charge in [-0.1, -0.05) is 88.0 Å². The topological polar surface area (TPSA) is 340 Å². The number of unbranched alkanes of at least 4 members (excludes halogenated alkanes) is 1. The number of aliphatic hydroxyl groups excluding tert-OH is 1. The Hall–Kier alpha value is -5.75. The third kappa shape index (κ3) is 19.9. The summed E-state index contributed by atoms with van der Waals surface area (Å²) in [6, 6.07) is 3.67. The second-order valence-corrected chi connectivity index (χ2v) is 24.9. The normalized spacial score (nSPS) is 24.6. The molecule has 12 atom stereocenters. The number of hydrogen-bond donors (Lipinski definition) is 9. The summed E-state index contributed by atoms with van der Waals surface area (Å²) in [6.45, 7) is 10.9. The lowest BCUT2D eigenvalue weighted by molar-refractivity contribution is -0.158. The molecule has 0 aromatic heterocycles. The smallest absolute Gasteiger partial charge is 0.409 e. The van der Waals surface area contributed by atoms with E-state index in [0.29, 0.717) is 54.3 Å². The van der Waals surface area contributed by atoms with Crippen LogP contribution >= 0.6 is 43.5 Å². The summed E-state index contributed by atoms with van der Waals surface area (Å²) in [5.74, 6) is -4.32. The average molecular weight is 1400 g/mol. The minimum absolute atomic E-state index is 0.00287. The third-order valence-corrected chi connectivity index (χ3v) is 18.2. The van der Waals surface area contributed by atoms with Crippen LogP contribution in [0.4, 0.5) is 16.2 Å². The number of hydrogen-bond acceptors (Lipinski definition) is 19. The lowest BCUT2D eigenvalue weighted by atomic mass is 9.83. The van der Waals surface area contributed by atoms with Gasteiger partial charge in [0.25, 0.3) is 5.91 Å². The van der Waals surface area contributed by atoms with Crippen LogP contribution < -0.4 is 52.0 Å². The maximum absolute atomic E-state index is 14.6. The van der Waals surface area contributed by atoms with Crippen molar-refractivity contribution in [2.45, 2.75) is 159 Å². The number of ether oxygens (including phenoxy) is 6. The number of alkyl carbamates (subject to hydrolysis) is 1. The standard InChI is InChI=1S/C61H88Br2ClN9O16/c1-33(2)51(68-40(32-74)17-12-13-22-66-53(76)38(30-62)31-63)55(78)70-42(18-15-23-67-58(65)81)54(77)69-39-20-21-41(44(27-39)84-9)56(79)72(7)36(5)57(80)88-48-28-49(75)73(8)43-25-37(26-45(85-10)50(43)64)24-34(3)16-14-19-47(86-11)61(83)29-46(87-59(82)71-61)35(4)52-60(48,6)89-52/h14,16,19-21,25-27,32-33,35-36,38,40,42,46-48,51-52,58,67-68,81,83H,12-13,15,17-18,22-24,28-31,65H2,1-11H3,(H,66,76)(H,69,77)(H,70,78)(H,71,82)/b19-14+,34-16+/t35-,36+,40?,42+,46+,47-,48+,51+,52+,58?,60+,61+/m1/s1. The number of fused-ring (bicyclic) bond motifs is 5. The van der Waals surface area contributed by atoms with Gasteiger partial charge in [-0.2, -0.15) is 0 Å². The number of alkyl halides is 2. The van der Waals surface area contributed by atoms with E-state index >= 15 is 0 Å². The van der Waals surface area contributed by atoms with Crippen LogP contribution in [0.2, 0.25) is 5.02 Å². The molecule has 3 aliphatic rings. The highest BCUT2D eigenvalue weighted by atomic mass is 79.9.